The van der Waals surface area contributed by atoms with Crippen LogP contribution in [0.15, 0.2) is 51.7 Å². The number of benzene rings is 2. The second-order valence-electron chi connectivity index (χ2n) is 6.72. The number of hydrogen-bond donors (Lipinski definition) is 1. The van der Waals surface area contributed by atoms with Gasteiger partial charge < -0.3 is 23.9 Å². The van der Waals surface area contributed by atoms with Gasteiger partial charge in [0.15, 0.2) is 23.2 Å². The minimum atomic E-state index is -1.01. The molecular weight excluding hydrogens is 392 g/mol. The van der Waals surface area contributed by atoms with E-state index in [1.807, 2.05) is 0 Å². The van der Waals surface area contributed by atoms with Crippen LogP contribution in [-0.4, -0.2) is 35.8 Å². The zero-order valence-electron chi connectivity index (χ0n) is 16.3. The highest BCUT2D eigenvalue weighted by Gasteiger charge is 2.20. The van der Waals surface area contributed by atoms with E-state index in [0.29, 0.717) is 41.5 Å². The minimum Gasteiger partial charge on any atom is -0.486 e. The van der Waals surface area contributed by atoms with E-state index in [-0.39, 0.29) is 13.0 Å². The normalized spacial score (nSPS) is 13.6. The van der Waals surface area contributed by atoms with Crippen LogP contribution < -0.4 is 20.5 Å². The number of carbonyl (C=O) groups is 2. The van der Waals surface area contributed by atoms with Crippen LogP contribution >= 0.6 is 0 Å². The maximum absolute atomic E-state index is 12.3. The first-order valence-electron chi connectivity index (χ1n) is 9.49. The van der Waals surface area contributed by atoms with E-state index in [1.54, 1.807) is 42.5 Å². The van der Waals surface area contributed by atoms with Crippen molar-refractivity contribution in [3.05, 3.63) is 53.0 Å². The van der Waals surface area contributed by atoms with Crippen molar-refractivity contribution in [3.8, 4) is 11.5 Å². The van der Waals surface area contributed by atoms with Crippen LogP contribution in [0, 0.1) is 0 Å². The molecule has 1 unspecified atom stereocenters. The van der Waals surface area contributed by atoms with Crippen LogP contribution in [0.25, 0.3) is 11.1 Å². The third-order valence-electron chi connectivity index (χ3n) is 4.60. The molecule has 1 aliphatic heterocycles. The Morgan fingerprint density at radius 3 is 2.73 bits per heavy atom. The first kappa shape index (κ1) is 19.6. The number of ether oxygens (including phenoxy) is 3. The second kappa shape index (κ2) is 8.32. The summed E-state index contributed by atoms with van der Waals surface area (Å²) < 4.78 is 22.6. The van der Waals surface area contributed by atoms with E-state index in [9.17, 15) is 14.4 Å². The number of rotatable bonds is 6. The Morgan fingerprint density at radius 1 is 1.13 bits per heavy atom. The Kier molecular flexibility index (Phi) is 5.42. The molecule has 0 fully saturated rings. The van der Waals surface area contributed by atoms with E-state index in [1.165, 1.54) is 11.5 Å². The lowest BCUT2D eigenvalue weighted by Gasteiger charge is -2.19. The summed E-state index contributed by atoms with van der Waals surface area (Å²) in [4.78, 5) is 36.5. The molecule has 0 bridgehead atoms. The van der Waals surface area contributed by atoms with Crippen LogP contribution in [0.1, 0.15) is 13.3 Å². The predicted octanol–water partition coefficient (Wildman–Crippen LogP) is 2.33. The summed E-state index contributed by atoms with van der Waals surface area (Å²) in [6.07, 6.45) is -1.09. The number of para-hydroxylation sites is 2. The molecule has 1 N–H and O–H groups in total. The number of carbonyl (C=O) groups excluding carboxylic acids is 2. The van der Waals surface area contributed by atoms with Gasteiger partial charge in [0.2, 0.25) is 0 Å². The predicted molar refractivity (Wildman–Crippen MR) is 107 cm³/mol. The summed E-state index contributed by atoms with van der Waals surface area (Å²) in [6, 6.07) is 12.0. The number of hydrogen-bond acceptors (Lipinski definition) is 7. The molecule has 2 aromatic carbocycles. The fraction of sp³-hybridized carbons (Fsp3) is 0.286. The van der Waals surface area contributed by atoms with Gasteiger partial charge in [-0.2, -0.15) is 0 Å². The van der Waals surface area contributed by atoms with Gasteiger partial charge in [0.1, 0.15) is 13.2 Å². The number of anilines is 1. The number of aryl methyl sites for hydroxylation is 1. The van der Waals surface area contributed by atoms with Gasteiger partial charge >= 0.3 is 11.7 Å². The van der Waals surface area contributed by atoms with E-state index in [4.69, 9.17) is 18.6 Å². The molecule has 30 heavy (non-hydrogen) atoms. The molecule has 0 spiro atoms. The van der Waals surface area contributed by atoms with Crippen molar-refractivity contribution >= 4 is 28.7 Å². The van der Waals surface area contributed by atoms with E-state index < -0.39 is 23.7 Å². The highest BCUT2D eigenvalue weighted by molar-refractivity contribution is 5.95. The summed E-state index contributed by atoms with van der Waals surface area (Å²) in [6.45, 7) is 2.48. The molecule has 9 heteroatoms. The van der Waals surface area contributed by atoms with Gasteiger partial charge in [-0.1, -0.05) is 12.1 Å². The molecule has 1 amide bonds. The van der Waals surface area contributed by atoms with Crippen LogP contribution in [0.4, 0.5) is 5.69 Å². The summed E-state index contributed by atoms with van der Waals surface area (Å²) in [5.41, 5.74) is 1.55. The number of aromatic nitrogens is 1. The number of amides is 1. The van der Waals surface area contributed by atoms with Gasteiger partial charge in [-0.3, -0.25) is 14.2 Å². The zero-order chi connectivity index (χ0) is 21.1. The first-order chi connectivity index (χ1) is 14.5. The molecule has 9 nitrogen and oxygen atoms in total. The Balaban J connectivity index is 1.32. The lowest BCUT2D eigenvalue weighted by atomic mass is 10.2. The molecule has 0 saturated heterocycles. The van der Waals surface area contributed by atoms with Gasteiger partial charge in [-0.15, -0.1) is 0 Å². The van der Waals surface area contributed by atoms with E-state index in [0.717, 1.165) is 0 Å². The van der Waals surface area contributed by atoms with Crippen LogP contribution in [-0.2, 0) is 20.9 Å². The highest BCUT2D eigenvalue weighted by Crippen LogP contribution is 2.32. The number of esters is 1. The molecule has 1 atom stereocenters. The van der Waals surface area contributed by atoms with Crippen molar-refractivity contribution in [2.45, 2.75) is 26.0 Å². The quantitative estimate of drug-likeness (QED) is 0.619. The second-order valence-corrected chi connectivity index (χ2v) is 6.72. The fourth-order valence-electron chi connectivity index (χ4n) is 3.10. The number of nitrogens with zero attached hydrogens (tertiary/aromatic N) is 1. The van der Waals surface area contributed by atoms with Gasteiger partial charge in [-0.05, 0) is 31.2 Å². The minimum absolute atomic E-state index is 0.0783. The smallest absolute Gasteiger partial charge is 0.419 e. The fourth-order valence-corrected chi connectivity index (χ4v) is 3.10. The standard InChI is InChI=1S/C21H20N2O7/c1-13(20(25)22-14-6-7-17-18(12-14)28-11-10-27-17)29-19(24)8-9-23-15-4-2-3-5-16(15)30-21(23)26/h2-7,12-13H,8-11H2,1H3,(H,22,25). The third kappa shape index (κ3) is 4.14. The molecule has 4 rings (SSSR count). The summed E-state index contributed by atoms with van der Waals surface area (Å²) in [5, 5.41) is 2.68. The Hall–Kier alpha value is -3.75. The molecule has 1 aromatic heterocycles. The topological polar surface area (TPSA) is 109 Å². The molecule has 156 valence electrons. The van der Waals surface area contributed by atoms with Crippen molar-refractivity contribution in [3.63, 3.8) is 0 Å². The van der Waals surface area contributed by atoms with E-state index >= 15 is 0 Å². The van der Waals surface area contributed by atoms with Crippen molar-refractivity contribution < 1.29 is 28.2 Å². The summed E-state index contributed by atoms with van der Waals surface area (Å²) in [5.74, 6) is -0.474. The molecule has 0 aliphatic carbocycles. The molecule has 0 radical (unpaired) electrons. The number of nitrogens with one attached hydrogen (secondary N) is 1. The molecule has 2 heterocycles. The molecular formula is C21H20N2O7. The van der Waals surface area contributed by atoms with E-state index in [2.05, 4.69) is 5.32 Å². The van der Waals surface area contributed by atoms with Crippen molar-refractivity contribution in [1.82, 2.24) is 4.57 Å². The highest BCUT2D eigenvalue weighted by atomic mass is 16.6. The third-order valence-corrected chi connectivity index (χ3v) is 4.60. The number of oxazole rings is 1. The Labute approximate surface area is 171 Å². The van der Waals surface area contributed by atoms with Gasteiger partial charge in [0.25, 0.3) is 5.91 Å². The van der Waals surface area contributed by atoms with Crippen LogP contribution in [0.5, 0.6) is 11.5 Å². The first-order valence-corrected chi connectivity index (χ1v) is 9.49. The summed E-state index contributed by atoms with van der Waals surface area (Å²) in [7, 11) is 0. The summed E-state index contributed by atoms with van der Waals surface area (Å²) >= 11 is 0. The average Bonchev–Trinajstić information content (AvgIpc) is 3.07. The zero-order valence-corrected chi connectivity index (χ0v) is 16.3. The SMILES string of the molecule is CC(OC(=O)CCn1c(=O)oc2ccccc21)C(=O)Nc1ccc2c(c1)OCCO2. The maximum Gasteiger partial charge on any atom is 0.419 e. The average molecular weight is 412 g/mol. The van der Waals surface area contributed by atoms with Crippen molar-refractivity contribution in [2.75, 3.05) is 18.5 Å². The molecule has 1 aliphatic rings. The lowest BCUT2D eigenvalue weighted by molar-refractivity contribution is -0.153. The van der Waals surface area contributed by atoms with Crippen molar-refractivity contribution in [2.24, 2.45) is 0 Å². The van der Waals surface area contributed by atoms with Crippen LogP contribution in [0.2, 0.25) is 0 Å². The van der Waals surface area contributed by atoms with Crippen molar-refractivity contribution in [1.29, 1.82) is 0 Å². The Morgan fingerprint density at radius 2 is 1.90 bits per heavy atom. The van der Waals surface area contributed by atoms with Gasteiger partial charge in [0, 0.05) is 18.3 Å². The van der Waals surface area contributed by atoms with Crippen LogP contribution in [0.3, 0.4) is 0 Å². The largest absolute Gasteiger partial charge is 0.486 e. The number of fused-ring (bicyclic) bond motifs is 2. The van der Waals surface area contributed by atoms with Gasteiger partial charge in [0.05, 0.1) is 11.9 Å². The lowest BCUT2D eigenvalue weighted by Crippen LogP contribution is -2.30. The maximum atomic E-state index is 12.3. The van der Waals surface area contributed by atoms with Gasteiger partial charge in [-0.25, -0.2) is 4.79 Å². The molecule has 0 saturated carbocycles. The Bertz CT molecular complexity index is 1150. The molecule has 3 aromatic rings. The monoisotopic (exact) mass is 412 g/mol.